The lowest BCUT2D eigenvalue weighted by Gasteiger charge is -2.10. The summed E-state index contributed by atoms with van der Waals surface area (Å²) in [6.45, 7) is 0.600. The normalized spacial score (nSPS) is 10.6. The monoisotopic (exact) mass is 408 g/mol. The molecule has 0 unspecified atom stereocenters. The molecule has 30 heavy (non-hydrogen) atoms. The fourth-order valence-corrected chi connectivity index (χ4v) is 2.54. The molecular formula is C23H21FN2O4. The summed E-state index contributed by atoms with van der Waals surface area (Å²) in [5.74, 6) is 0.907. The number of nitrogens with one attached hydrogen (secondary N) is 1. The van der Waals surface area contributed by atoms with E-state index in [4.69, 9.17) is 14.2 Å². The van der Waals surface area contributed by atoms with Gasteiger partial charge in [0, 0.05) is 12.3 Å². The molecule has 1 N–H and O–H groups in total. The van der Waals surface area contributed by atoms with E-state index in [0.29, 0.717) is 29.4 Å². The third-order valence-electron chi connectivity index (χ3n) is 3.97. The van der Waals surface area contributed by atoms with Gasteiger partial charge in [0.1, 0.15) is 12.4 Å². The number of carbonyl (C=O) groups is 1. The lowest BCUT2D eigenvalue weighted by atomic mass is 10.2. The smallest absolute Gasteiger partial charge is 0.244 e. The van der Waals surface area contributed by atoms with Gasteiger partial charge in [-0.1, -0.05) is 18.2 Å². The summed E-state index contributed by atoms with van der Waals surface area (Å²) >= 11 is 0. The second-order valence-corrected chi connectivity index (χ2v) is 6.10. The van der Waals surface area contributed by atoms with Gasteiger partial charge in [-0.15, -0.1) is 0 Å². The van der Waals surface area contributed by atoms with Crippen molar-refractivity contribution in [1.29, 1.82) is 0 Å². The summed E-state index contributed by atoms with van der Waals surface area (Å²) in [5.41, 5.74) is 0.534. The molecule has 6 nitrogen and oxygen atoms in total. The highest BCUT2D eigenvalue weighted by Crippen LogP contribution is 2.26. The lowest BCUT2D eigenvalue weighted by molar-refractivity contribution is -0.116. The molecule has 1 aromatic heterocycles. The zero-order valence-electron chi connectivity index (χ0n) is 16.4. The fourth-order valence-electron chi connectivity index (χ4n) is 2.54. The minimum absolute atomic E-state index is 0.0816. The highest BCUT2D eigenvalue weighted by Gasteiger charge is 2.06. The third-order valence-corrected chi connectivity index (χ3v) is 3.97. The number of benzene rings is 2. The van der Waals surface area contributed by atoms with Crippen LogP contribution in [0.25, 0.3) is 6.08 Å². The number of aromatic nitrogens is 1. The molecular weight excluding hydrogens is 387 g/mol. The van der Waals surface area contributed by atoms with Gasteiger partial charge in [-0.2, -0.15) is 0 Å². The first-order chi connectivity index (χ1) is 14.7. The van der Waals surface area contributed by atoms with E-state index in [9.17, 15) is 9.18 Å². The van der Waals surface area contributed by atoms with E-state index in [1.165, 1.54) is 30.5 Å². The Bertz CT molecular complexity index is 1010. The topological polar surface area (TPSA) is 69.7 Å². The third kappa shape index (κ3) is 6.07. The number of pyridine rings is 1. The highest BCUT2D eigenvalue weighted by atomic mass is 19.1. The predicted octanol–water partition coefficient (Wildman–Crippen LogP) is 4.23. The van der Waals surface area contributed by atoms with Crippen LogP contribution in [0.15, 0.2) is 73.1 Å². The first-order valence-electron chi connectivity index (χ1n) is 9.25. The molecule has 2 aromatic carbocycles. The molecule has 3 rings (SSSR count). The Morgan fingerprint density at radius 3 is 2.67 bits per heavy atom. The van der Waals surface area contributed by atoms with Crippen LogP contribution in [-0.4, -0.2) is 31.2 Å². The Hall–Kier alpha value is -3.87. The number of methoxy groups -OCH3 is 1. The maximum absolute atomic E-state index is 14.2. The van der Waals surface area contributed by atoms with Crippen LogP contribution in [0.2, 0.25) is 0 Å². The number of hydrogen-bond donors (Lipinski definition) is 1. The first kappa shape index (κ1) is 20.9. The molecule has 0 saturated carbocycles. The van der Waals surface area contributed by atoms with E-state index in [1.807, 2.05) is 12.1 Å². The standard InChI is InChI=1S/C23H21FN2O4/c1-28-21-6-2-3-7-22(21)29-14-13-26-23(27)11-9-17-8-10-20(19(24)15-17)30-18-5-4-12-25-16-18/h2-12,15-16H,13-14H2,1H3,(H,26,27)/b11-9+. The van der Waals surface area contributed by atoms with Crippen molar-refractivity contribution in [2.24, 2.45) is 0 Å². The van der Waals surface area contributed by atoms with Crippen LogP contribution in [0.1, 0.15) is 5.56 Å². The van der Waals surface area contributed by atoms with Crippen LogP contribution in [0.3, 0.4) is 0 Å². The number of carbonyl (C=O) groups excluding carboxylic acids is 1. The average Bonchev–Trinajstić information content (AvgIpc) is 2.78. The van der Waals surface area contributed by atoms with Crippen molar-refractivity contribution in [2.45, 2.75) is 0 Å². The summed E-state index contributed by atoms with van der Waals surface area (Å²) in [7, 11) is 1.56. The molecule has 1 amide bonds. The molecule has 1 heterocycles. The van der Waals surface area contributed by atoms with Crippen molar-refractivity contribution in [3.8, 4) is 23.0 Å². The first-order valence-corrected chi connectivity index (χ1v) is 9.25. The van der Waals surface area contributed by atoms with Gasteiger partial charge in [0.25, 0.3) is 0 Å². The zero-order chi connectivity index (χ0) is 21.2. The van der Waals surface area contributed by atoms with Crippen LogP contribution in [0, 0.1) is 5.82 Å². The minimum Gasteiger partial charge on any atom is -0.493 e. The molecule has 0 radical (unpaired) electrons. The van der Waals surface area contributed by atoms with Crippen molar-refractivity contribution < 1.29 is 23.4 Å². The van der Waals surface area contributed by atoms with Crippen molar-refractivity contribution in [3.05, 3.63) is 84.4 Å². The van der Waals surface area contributed by atoms with Gasteiger partial charge in [0.05, 0.1) is 19.9 Å². The van der Waals surface area contributed by atoms with E-state index < -0.39 is 5.82 Å². The van der Waals surface area contributed by atoms with Gasteiger partial charge in [0.15, 0.2) is 23.1 Å². The minimum atomic E-state index is -0.536. The Labute approximate surface area is 173 Å². The van der Waals surface area contributed by atoms with E-state index in [1.54, 1.807) is 43.6 Å². The number of rotatable bonds is 9. The zero-order valence-corrected chi connectivity index (χ0v) is 16.4. The summed E-state index contributed by atoms with van der Waals surface area (Å²) in [6.07, 6.45) is 5.95. The SMILES string of the molecule is COc1ccccc1OCCNC(=O)/C=C/c1ccc(Oc2cccnc2)c(F)c1. The van der Waals surface area contributed by atoms with E-state index >= 15 is 0 Å². The number of hydrogen-bond acceptors (Lipinski definition) is 5. The second kappa shape index (κ2) is 10.6. The van der Waals surface area contributed by atoms with Crippen molar-refractivity contribution in [3.63, 3.8) is 0 Å². The van der Waals surface area contributed by atoms with Crippen LogP contribution in [0.5, 0.6) is 23.0 Å². The molecule has 0 atom stereocenters. The molecule has 0 spiro atoms. The van der Waals surface area contributed by atoms with Crippen molar-refractivity contribution in [2.75, 3.05) is 20.3 Å². The Balaban J connectivity index is 1.47. The number of nitrogens with zero attached hydrogens (tertiary/aromatic N) is 1. The maximum Gasteiger partial charge on any atom is 0.244 e. The van der Waals surface area contributed by atoms with E-state index in [0.717, 1.165) is 0 Å². The van der Waals surface area contributed by atoms with Gasteiger partial charge < -0.3 is 19.5 Å². The van der Waals surface area contributed by atoms with Crippen LogP contribution in [0.4, 0.5) is 4.39 Å². The van der Waals surface area contributed by atoms with Gasteiger partial charge in [-0.3, -0.25) is 9.78 Å². The quantitative estimate of drug-likeness (QED) is 0.424. The summed E-state index contributed by atoms with van der Waals surface area (Å²) in [4.78, 5) is 15.9. The Morgan fingerprint density at radius 1 is 1.10 bits per heavy atom. The molecule has 7 heteroatoms. The van der Waals surface area contributed by atoms with Crippen LogP contribution < -0.4 is 19.5 Å². The maximum atomic E-state index is 14.2. The average molecular weight is 408 g/mol. The molecule has 0 bridgehead atoms. The molecule has 154 valence electrons. The fraction of sp³-hybridized carbons (Fsp3) is 0.130. The lowest BCUT2D eigenvalue weighted by Crippen LogP contribution is -2.26. The van der Waals surface area contributed by atoms with Gasteiger partial charge in [-0.05, 0) is 48.0 Å². The molecule has 0 aliphatic heterocycles. The number of ether oxygens (including phenoxy) is 3. The molecule has 0 aliphatic rings. The summed E-state index contributed by atoms with van der Waals surface area (Å²) < 4.78 is 30.5. The number of amides is 1. The molecule has 0 fully saturated rings. The van der Waals surface area contributed by atoms with Crippen LogP contribution in [-0.2, 0) is 4.79 Å². The van der Waals surface area contributed by atoms with Gasteiger partial charge in [0.2, 0.25) is 5.91 Å². The van der Waals surface area contributed by atoms with Crippen molar-refractivity contribution in [1.82, 2.24) is 10.3 Å². The molecule has 0 saturated heterocycles. The highest BCUT2D eigenvalue weighted by molar-refractivity contribution is 5.91. The Morgan fingerprint density at radius 2 is 1.93 bits per heavy atom. The number of halogens is 1. The summed E-state index contributed by atoms with van der Waals surface area (Å²) in [6, 6.07) is 15.1. The predicted molar refractivity (Wildman–Crippen MR) is 111 cm³/mol. The molecule has 0 aliphatic carbocycles. The number of para-hydroxylation sites is 2. The van der Waals surface area contributed by atoms with E-state index in [-0.39, 0.29) is 18.3 Å². The van der Waals surface area contributed by atoms with Gasteiger partial charge in [-0.25, -0.2) is 4.39 Å². The Kier molecular flexibility index (Phi) is 7.38. The summed E-state index contributed by atoms with van der Waals surface area (Å²) in [5, 5.41) is 2.70. The van der Waals surface area contributed by atoms with Gasteiger partial charge >= 0.3 is 0 Å². The second-order valence-electron chi connectivity index (χ2n) is 6.10. The molecule has 3 aromatic rings. The largest absolute Gasteiger partial charge is 0.493 e. The van der Waals surface area contributed by atoms with Crippen LogP contribution >= 0.6 is 0 Å². The van der Waals surface area contributed by atoms with Crippen molar-refractivity contribution >= 4 is 12.0 Å². The van der Waals surface area contributed by atoms with E-state index in [2.05, 4.69) is 10.3 Å².